The molecule has 11 rings (SSSR count). The van der Waals surface area contributed by atoms with Crippen molar-refractivity contribution in [3.63, 3.8) is 0 Å². The summed E-state index contributed by atoms with van der Waals surface area (Å²) >= 11 is 0. The molecule has 4 heteroatoms. The molecule has 0 saturated carbocycles. The third-order valence-corrected chi connectivity index (χ3v) is 11.6. The van der Waals surface area contributed by atoms with Gasteiger partial charge < -0.3 is 9.73 Å². The van der Waals surface area contributed by atoms with Gasteiger partial charge in [0.05, 0.1) is 0 Å². The van der Waals surface area contributed by atoms with E-state index in [1.165, 1.54) is 33.4 Å². The van der Waals surface area contributed by atoms with Crippen molar-refractivity contribution in [3.05, 3.63) is 241 Å². The third kappa shape index (κ3) is 7.11. The van der Waals surface area contributed by atoms with Gasteiger partial charge in [0.15, 0.2) is 5.84 Å². The van der Waals surface area contributed by atoms with Crippen molar-refractivity contribution in [2.24, 2.45) is 9.98 Å². The van der Waals surface area contributed by atoms with Crippen LogP contribution in [0, 0.1) is 0 Å². The first-order chi connectivity index (χ1) is 30.2. The largest absolute Gasteiger partial charge is 0.456 e. The highest BCUT2D eigenvalue weighted by atomic mass is 16.3. The summed E-state index contributed by atoms with van der Waals surface area (Å²) in [5.74, 6) is 1.45. The summed E-state index contributed by atoms with van der Waals surface area (Å²) in [5, 5.41) is 5.79. The van der Waals surface area contributed by atoms with Crippen molar-refractivity contribution in [1.82, 2.24) is 5.32 Å². The van der Waals surface area contributed by atoms with Crippen LogP contribution in [0.3, 0.4) is 0 Å². The fourth-order valence-corrected chi connectivity index (χ4v) is 8.45. The van der Waals surface area contributed by atoms with E-state index in [4.69, 9.17) is 14.4 Å². The van der Waals surface area contributed by atoms with Gasteiger partial charge in [-0.1, -0.05) is 188 Å². The van der Waals surface area contributed by atoms with E-state index in [1.807, 2.05) is 30.3 Å². The second kappa shape index (κ2) is 15.6. The summed E-state index contributed by atoms with van der Waals surface area (Å²) < 4.78 is 6.53. The Labute approximate surface area is 354 Å². The van der Waals surface area contributed by atoms with Gasteiger partial charge >= 0.3 is 0 Å². The molecule has 1 atom stereocenters. The Balaban J connectivity index is 0.949. The smallest absolute Gasteiger partial charge is 0.159 e. The quantitative estimate of drug-likeness (QED) is 0.167. The van der Waals surface area contributed by atoms with E-state index in [0.717, 1.165) is 66.7 Å². The second-order valence-electron chi connectivity index (χ2n) is 15.4. The van der Waals surface area contributed by atoms with Crippen LogP contribution >= 0.6 is 0 Å². The summed E-state index contributed by atoms with van der Waals surface area (Å²) in [5.41, 5.74) is 16.4. The monoisotopic (exact) mass is 781 g/mol. The Bertz CT molecular complexity index is 3260. The first-order valence-electron chi connectivity index (χ1n) is 20.7. The third-order valence-electron chi connectivity index (χ3n) is 11.6. The number of fused-ring (bicyclic) bond motifs is 3. The van der Waals surface area contributed by atoms with Gasteiger partial charge in [0.2, 0.25) is 0 Å². The van der Waals surface area contributed by atoms with Crippen molar-refractivity contribution in [1.29, 1.82) is 0 Å². The van der Waals surface area contributed by atoms with Crippen molar-refractivity contribution in [3.8, 4) is 55.6 Å². The van der Waals surface area contributed by atoms with Crippen LogP contribution in [0.5, 0.6) is 0 Å². The summed E-state index contributed by atoms with van der Waals surface area (Å²) in [4.78, 5) is 10.3. The lowest BCUT2D eigenvalue weighted by molar-refractivity contribution is 0.662. The van der Waals surface area contributed by atoms with E-state index in [-0.39, 0.29) is 0 Å². The van der Waals surface area contributed by atoms with Crippen LogP contribution in [-0.4, -0.2) is 11.7 Å². The minimum atomic E-state index is -0.409. The van der Waals surface area contributed by atoms with Gasteiger partial charge in [0, 0.05) is 27.5 Å². The van der Waals surface area contributed by atoms with Gasteiger partial charge in [-0.05, 0) is 92.0 Å². The molecule has 0 fully saturated rings. The highest BCUT2D eigenvalue weighted by Gasteiger charge is 2.25. The minimum absolute atomic E-state index is 0.409. The van der Waals surface area contributed by atoms with E-state index in [0.29, 0.717) is 5.84 Å². The van der Waals surface area contributed by atoms with Crippen molar-refractivity contribution >= 4 is 33.6 Å². The lowest BCUT2D eigenvalue weighted by Crippen LogP contribution is -2.33. The van der Waals surface area contributed by atoms with E-state index < -0.39 is 6.17 Å². The van der Waals surface area contributed by atoms with Crippen molar-refractivity contribution in [2.45, 2.75) is 6.17 Å². The predicted molar refractivity (Wildman–Crippen MR) is 253 cm³/mol. The van der Waals surface area contributed by atoms with E-state index >= 15 is 0 Å². The van der Waals surface area contributed by atoms with Crippen LogP contribution in [0.4, 0.5) is 0 Å². The number of nitrogens with zero attached hydrogens (tertiary/aromatic N) is 2. The molecular formula is C57H39N3O. The Morgan fingerprint density at radius 1 is 0.344 bits per heavy atom. The number of hydrogen-bond donors (Lipinski definition) is 1. The zero-order valence-corrected chi connectivity index (χ0v) is 33.2. The molecular weight excluding hydrogens is 743 g/mol. The number of nitrogens with one attached hydrogen (secondary N) is 1. The van der Waals surface area contributed by atoms with Gasteiger partial charge in [0.25, 0.3) is 0 Å². The van der Waals surface area contributed by atoms with Crippen LogP contribution in [-0.2, 0) is 0 Å². The molecule has 0 spiro atoms. The van der Waals surface area contributed by atoms with Crippen LogP contribution in [0.2, 0.25) is 0 Å². The summed E-state index contributed by atoms with van der Waals surface area (Å²) in [6.07, 6.45) is -0.409. The van der Waals surface area contributed by atoms with Crippen molar-refractivity contribution < 1.29 is 4.42 Å². The molecule has 0 bridgehead atoms. The Morgan fingerprint density at radius 2 is 0.770 bits per heavy atom. The maximum absolute atomic E-state index is 6.53. The number of furan rings is 1. The van der Waals surface area contributed by atoms with Crippen LogP contribution < -0.4 is 5.32 Å². The molecule has 0 aliphatic carbocycles. The zero-order valence-electron chi connectivity index (χ0n) is 33.2. The van der Waals surface area contributed by atoms with E-state index in [1.54, 1.807) is 0 Å². The minimum Gasteiger partial charge on any atom is -0.456 e. The highest BCUT2D eigenvalue weighted by Crippen LogP contribution is 2.39. The van der Waals surface area contributed by atoms with Crippen molar-refractivity contribution in [2.75, 3.05) is 0 Å². The molecule has 10 aromatic rings. The molecule has 1 aliphatic rings. The Morgan fingerprint density at radius 3 is 1.34 bits per heavy atom. The SMILES string of the molecule is c1ccc(C2=NC(c3cccc4oc5ccc(-c6cccc(-c7cccc(-c8cccc(-c9ccccc9)c8)c7)c6)cc5c34)NC(c3ccc(-c4ccccc4)cc3)=N2)cc1. The molecule has 0 amide bonds. The number of aliphatic imine (C=N–C) groups is 2. The van der Waals surface area contributed by atoms with Gasteiger partial charge in [-0.25, -0.2) is 9.98 Å². The normalized spacial score (nSPS) is 13.7. The van der Waals surface area contributed by atoms with Gasteiger partial charge in [-0.3, -0.25) is 0 Å². The average Bonchev–Trinajstić information content (AvgIpc) is 3.73. The van der Waals surface area contributed by atoms with E-state index in [9.17, 15) is 0 Å². The van der Waals surface area contributed by atoms with Crippen LogP contribution in [0.1, 0.15) is 22.9 Å². The maximum atomic E-state index is 6.53. The molecule has 9 aromatic carbocycles. The Hall–Kier alpha value is -8.08. The molecule has 1 aliphatic heterocycles. The molecule has 4 nitrogen and oxygen atoms in total. The lowest BCUT2D eigenvalue weighted by atomic mass is 9.94. The molecule has 0 radical (unpaired) electrons. The molecule has 0 saturated heterocycles. The molecule has 61 heavy (non-hydrogen) atoms. The molecule has 288 valence electrons. The molecule has 1 N–H and O–H groups in total. The van der Waals surface area contributed by atoms with E-state index in [2.05, 4.69) is 199 Å². The lowest BCUT2D eigenvalue weighted by Gasteiger charge is -2.24. The topological polar surface area (TPSA) is 49.9 Å². The fraction of sp³-hybridized carbons (Fsp3) is 0.0175. The zero-order chi connectivity index (χ0) is 40.5. The summed E-state index contributed by atoms with van der Waals surface area (Å²) in [7, 11) is 0. The highest BCUT2D eigenvalue weighted by molar-refractivity contribution is 6.14. The molecule has 1 aromatic heterocycles. The number of amidine groups is 2. The van der Waals surface area contributed by atoms with Gasteiger partial charge in [0.1, 0.15) is 23.2 Å². The van der Waals surface area contributed by atoms with Crippen LogP contribution in [0.25, 0.3) is 77.6 Å². The molecule has 2 heterocycles. The average molecular weight is 782 g/mol. The summed E-state index contributed by atoms with van der Waals surface area (Å²) in [6, 6.07) is 78.9. The van der Waals surface area contributed by atoms with Gasteiger partial charge in [-0.15, -0.1) is 0 Å². The van der Waals surface area contributed by atoms with Gasteiger partial charge in [-0.2, -0.15) is 0 Å². The number of benzene rings is 9. The first-order valence-corrected chi connectivity index (χ1v) is 20.7. The summed E-state index contributed by atoms with van der Waals surface area (Å²) in [6.45, 7) is 0. The molecule has 1 unspecified atom stereocenters. The second-order valence-corrected chi connectivity index (χ2v) is 15.4. The van der Waals surface area contributed by atoms with Crippen LogP contribution in [0.15, 0.2) is 239 Å². The fourth-order valence-electron chi connectivity index (χ4n) is 8.45. The number of rotatable bonds is 8. The predicted octanol–water partition coefficient (Wildman–Crippen LogP) is 14.4. The number of hydrogen-bond acceptors (Lipinski definition) is 4. The Kier molecular flexibility index (Phi) is 9.21. The maximum Gasteiger partial charge on any atom is 0.159 e. The standard InChI is InChI=1S/C57H39N3O/c1-4-14-38(15-5-1)40-28-30-42(31-29-40)56-58-55(41-18-8-3-9-19-41)59-57(60-56)50-26-13-27-53-54(50)51-37-49(32-33-52(51)61-53)48-25-12-24-47(36-48)46-23-11-22-45(35-46)44-21-10-20-43(34-44)39-16-6-2-7-17-39/h1-37,57H,(H,58,59,60). The first kappa shape index (κ1) is 36.0.